The Labute approximate surface area is 149 Å². The average Bonchev–Trinajstić information content (AvgIpc) is 2.62. The second-order valence-corrected chi connectivity index (χ2v) is 5.71. The third-order valence-electron chi connectivity index (χ3n) is 3.63. The molecule has 0 atom stereocenters. The summed E-state index contributed by atoms with van der Waals surface area (Å²) in [5, 5.41) is 0.113. The predicted molar refractivity (Wildman–Crippen MR) is 94.6 cm³/mol. The van der Waals surface area contributed by atoms with Crippen molar-refractivity contribution in [3.8, 4) is 11.1 Å². The number of nitrogen functional groups attached to an aromatic ring is 1. The summed E-state index contributed by atoms with van der Waals surface area (Å²) < 4.78 is 19.5. The molecular formula is C19H14ClFN2O2. The Bertz CT molecular complexity index is 917. The van der Waals surface area contributed by atoms with Gasteiger partial charge < -0.3 is 10.5 Å². The summed E-state index contributed by atoms with van der Waals surface area (Å²) >= 11 is 5.85. The van der Waals surface area contributed by atoms with E-state index in [2.05, 4.69) is 4.98 Å². The normalized spacial score (nSPS) is 10.5. The highest BCUT2D eigenvalue weighted by Crippen LogP contribution is 2.31. The maximum Gasteiger partial charge on any atom is 0.341 e. The standard InChI is InChI=1S/C19H14ClFN2O2/c20-17-9-14(15(21)10-23-17)13-7-4-8-16(22)18(13)19(24)25-11-12-5-2-1-3-6-12/h1-10H,11,22H2. The van der Waals surface area contributed by atoms with Gasteiger partial charge in [0, 0.05) is 16.8 Å². The largest absolute Gasteiger partial charge is 0.457 e. The first-order valence-electron chi connectivity index (χ1n) is 7.47. The summed E-state index contributed by atoms with van der Waals surface area (Å²) in [5.74, 6) is -1.24. The number of hydrogen-bond donors (Lipinski definition) is 1. The molecule has 4 nitrogen and oxygen atoms in total. The minimum atomic E-state index is -0.635. The van der Waals surface area contributed by atoms with Crippen molar-refractivity contribution in [1.29, 1.82) is 0 Å². The number of carbonyl (C=O) groups excluding carboxylic acids is 1. The number of rotatable bonds is 4. The fourth-order valence-electron chi connectivity index (χ4n) is 2.44. The van der Waals surface area contributed by atoms with Crippen molar-refractivity contribution < 1.29 is 13.9 Å². The van der Waals surface area contributed by atoms with Crippen molar-refractivity contribution in [2.24, 2.45) is 0 Å². The lowest BCUT2D eigenvalue weighted by Crippen LogP contribution is -2.10. The molecule has 6 heteroatoms. The van der Waals surface area contributed by atoms with Crippen LogP contribution >= 0.6 is 11.6 Å². The van der Waals surface area contributed by atoms with Crippen molar-refractivity contribution in [2.45, 2.75) is 6.61 Å². The third kappa shape index (κ3) is 3.78. The Morgan fingerprint density at radius 1 is 1.12 bits per heavy atom. The van der Waals surface area contributed by atoms with Gasteiger partial charge in [-0.2, -0.15) is 0 Å². The molecule has 25 heavy (non-hydrogen) atoms. The van der Waals surface area contributed by atoms with Crippen LogP contribution in [-0.2, 0) is 11.3 Å². The summed E-state index contributed by atoms with van der Waals surface area (Å²) in [6.07, 6.45) is 1.000. The fourth-order valence-corrected chi connectivity index (χ4v) is 2.60. The van der Waals surface area contributed by atoms with Gasteiger partial charge in [-0.1, -0.05) is 54.1 Å². The second kappa shape index (κ2) is 7.32. The molecule has 1 aromatic heterocycles. The number of pyridine rings is 1. The Kier molecular flexibility index (Phi) is 4.95. The molecule has 0 unspecified atom stereocenters. The highest BCUT2D eigenvalue weighted by Gasteiger charge is 2.20. The van der Waals surface area contributed by atoms with Crippen LogP contribution < -0.4 is 5.73 Å². The molecule has 0 saturated carbocycles. The van der Waals surface area contributed by atoms with Gasteiger partial charge in [-0.25, -0.2) is 14.2 Å². The minimum Gasteiger partial charge on any atom is -0.457 e. The van der Waals surface area contributed by atoms with Crippen LogP contribution in [0.5, 0.6) is 0 Å². The minimum absolute atomic E-state index is 0.0903. The van der Waals surface area contributed by atoms with Crippen molar-refractivity contribution in [3.05, 3.63) is 82.9 Å². The van der Waals surface area contributed by atoms with E-state index in [1.54, 1.807) is 18.2 Å². The first-order chi connectivity index (χ1) is 12.1. The number of esters is 1. The molecule has 0 spiro atoms. The molecule has 2 aromatic carbocycles. The lowest BCUT2D eigenvalue weighted by atomic mass is 9.98. The molecule has 0 aliphatic carbocycles. The molecule has 0 bridgehead atoms. The van der Waals surface area contributed by atoms with Gasteiger partial charge in [-0.15, -0.1) is 0 Å². The van der Waals surface area contributed by atoms with Crippen LogP contribution in [-0.4, -0.2) is 11.0 Å². The van der Waals surface area contributed by atoms with E-state index in [9.17, 15) is 9.18 Å². The highest BCUT2D eigenvalue weighted by atomic mass is 35.5. The summed E-state index contributed by atoms with van der Waals surface area (Å²) in [4.78, 5) is 16.2. The SMILES string of the molecule is Nc1cccc(-c2cc(Cl)ncc2F)c1C(=O)OCc1ccccc1. The molecule has 3 aromatic rings. The van der Waals surface area contributed by atoms with Gasteiger partial charge in [-0.05, 0) is 17.7 Å². The first-order valence-corrected chi connectivity index (χ1v) is 7.85. The number of benzene rings is 2. The number of hydrogen-bond acceptors (Lipinski definition) is 4. The quantitative estimate of drug-likeness (QED) is 0.425. The highest BCUT2D eigenvalue weighted by molar-refractivity contribution is 6.29. The van der Waals surface area contributed by atoms with E-state index in [-0.39, 0.29) is 28.6 Å². The van der Waals surface area contributed by atoms with E-state index in [4.69, 9.17) is 22.1 Å². The van der Waals surface area contributed by atoms with E-state index >= 15 is 0 Å². The number of carbonyl (C=O) groups is 1. The Balaban J connectivity index is 1.96. The van der Waals surface area contributed by atoms with Gasteiger partial charge >= 0.3 is 5.97 Å². The molecule has 0 saturated heterocycles. The lowest BCUT2D eigenvalue weighted by Gasteiger charge is -2.13. The first kappa shape index (κ1) is 16.9. The topological polar surface area (TPSA) is 65.2 Å². The van der Waals surface area contributed by atoms with Crippen LogP contribution in [0.15, 0.2) is 60.8 Å². The molecule has 126 valence electrons. The smallest absolute Gasteiger partial charge is 0.341 e. The van der Waals surface area contributed by atoms with Crippen LogP contribution in [0.2, 0.25) is 5.15 Å². The van der Waals surface area contributed by atoms with E-state index < -0.39 is 11.8 Å². The average molecular weight is 357 g/mol. The zero-order valence-corrected chi connectivity index (χ0v) is 13.8. The summed E-state index contributed by atoms with van der Waals surface area (Å²) in [7, 11) is 0. The number of aromatic nitrogens is 1. The van der Waals surface area contributed by atoms with E-state index in [1.807, 2.05) is 30.3 Å². The van der Waals surface area contributed by atoms with Crippen molar-refractivity contribution in [1.82, 2.24) is 4.98 Å². The Hall–Kier alpha value is -2.92. The van der Waals surface area contributed by atoms with Gasteiger partial charge in [0.15, 0.2) is 0 Å². The van der Waals surface area contributed by atoms with Gasteiger partial charge in [0.1, 0.15) is 17.6 Å². The molecular weight excluding hydrogens is 343 g/mol. The van der Waals surface area contributed by atoms with Gasteiger partial charge in [-0.3, -0.25) is 0 Å². The van der Waals surface area contributed by atoms with Crippen LogP contribution in [0.1, 0.15) is 15.9 Å². The fraction of sp³-hybridized carbons (Fsp3) is 0.0526. The van der Waals surface area contributed by atoms with E-state index in [0.29, 0.717) is 5.56 Å². The number of ether oxygens (including phenoxy) is 1. The monoisotopic (exact) mass is 356 g/mol. The zero-order chi connectivity index (χ0) is 17.8. The number of nitrogens with zero attached hydrogens (tertiary/aromatic N) is 1. The van der Waals surface area contributed by atoms with Gasteiger partial charge in [0.2, 0.25) is 0 Å². The van der Waals surface area contributed by atoms with Crippen molar-refractivity contribution >= 4 is 23.3 Å². The third-order valence-corrected chi connectivity index (χ3v) is 3.83. The number of halogens is 2. The molecule has 0 aliphatic rings. The van der Waals surface area contributed by atoms with Crippen molar-refractivity contribution in [2.75, 3.05) is 5.73 Å². The maximum absolute atomic E-state index is 14.2. The van der Waals surface area contributed by atoms with Gasteiger partial charge in [0.05, 0.1) is 11.8 Å². The molecule has 1 heterocycles. The molecule has 0 radical (unpaired) electrons. The summed E-state index contributed by atoms with van der Waals surface area (Å²) in [6, 6.07) is 15.4. The van der Waals surface area contributed by atoms with Crippen LogP contribution in [0.25, 0.3) is 11.1 Å². The predicted octanol–water partition coefficient (Wildman–Crippen LogP) is 4.48. The van der Waals surface area contributed by atoms with E-state index in [1.165, 1.54) is 6.07 Å². The van der Waals surface area contributed by atoms with Gasteiger partial charge in [0.25, 0.3) is 0 Å². The Morgan fingerprint density at radius 3 is 2.64 bits per heavy atom. The number of nitrogens with two attached hydrogens (primary N) is 1. The molecule has 0 aliphatic heterocycles. The van der Waals surface area contributed by atoms with Crippen LogP contribution in [0.4, 0.5) is 10.1 Å². The zero-order valence-electron chi connectivity index (χ0n) is 13.1. The second-order valence-electron chi connectivity index (χ2n) is 5.32. The molecule has 0 amide bonds. The van der Waals surface area contributed by atoms with Crippen LogP contribution in [0, 0.1) is 5.82 Å². The van der Waals surface area contributed by atoms with Crippen LogP contribution in [0.3, 0.4) is 0 Å². The summed E-state index contributed by atoms with van der Waals surface area (Å²) in [6.45, 7) is 0.0903. The molecule has 0 fully saturated rings. The molecule has 2 N–H and O–H groups in total. The Morgan fingerprint density at radius 2 is 1.88 bits per heavy atom. The molecule has 3 rings (SSSR count). The van der Waals surface area contributed by atoms with Crippen molar-refractivity contribution in [3.63, 3.8) is 0 Å². The lowest BCUT2D eigenvalue weighted by molar-refractivity contribution is 0.0475. The summed E-state index contributed by atoms with van der Waals surface area (Å²) in [5.41, 5.74) is 7.52. The maximum atomic E-state index is 14.2. The number of anilines is 1. The van der Waals surface area contributed by atoms with E-state index in [0.717, 1.165) is 11.8 Å².